The summed E-state index contributed by atoms with van der Waals surface area (Å²) in [6.45, 7) is 1.24. The highest BCUT2D eigenvalue weighted by molar-refractivity contribution is 6.06. The number of rotatable bonds is 1. The molecule has 0 amide bonds. The fraction of sp³-hybridized carbons (Fsp3) is 0.818. The molecule has 0 saturated carbocycles. The van der Waals surface area contributed by atoms with Crippen molar-refractivity contribution in [3.8, 4) is 0 Å². The Balaban J connectivity index is 2.61. The Morgan fingerprint density at radius 1 is 1.06 bits per heavy atom. The molecule has 0 aromatic carbocycles. The van der Waals surface area contributed by atoms with E-state index in [-0.39, 0.29) is 29.6 Å². The van der Waals surface area contributed by atoms with E-state index in [1.54, 1.807) is 0 Å². The lowest BCUT2D eigenvalue weighted by atomic mass is 9.99. The van der Waals surface area contributed by atoms with Crippen molar-refractivity contribution in [2.24, 2.45) is 5.84 Å². The number of nitrogens with zero attached hydrogens (tertiary/aromatic N) is 1. The molecule has 0 spiro atoms. The topological polar surface area (TPSA) is 95.7 Å². The van der Waals surface area contributed by atoms with Gasteiger partial charge in [0, 0.05) is 26.1 Å². The molecule has 0 unspecified atom stereocenters. The van der Waals surface area contributed by atoms with Gasteiger partial charge in [0.2, 0.25) is 0 Å². The van der Waals surface area contributed by atoms with Gasteiger partial charge in [0.05, 0.1) is 0 Å². The van der Waals surface area contributed by atoms with Gasteiger partial charge in [0.15, 0.2) is 11.6 Å². The minimum atomic E-state index is -1.31. The van der Waals surface area contributed by atoms with Crippen molar-refractivity contribution in [2.45, 2.75) is 44.6 Å². The predicted molar refractivity (Wildman–Crippen MR) is 61.7 cm³/mol. The third-order valence-corrected chi connectivity index (χ3v) is 2.79. The van der Waals surface area contributed by atoms with Crippen molar-refractivity contribution in [1.82, 2.24) is 5.17 Å². The van der Waals surface area contributed by atoms with Gasteiger partial charge in [-0.15, -0.1) is 0 Å². The third kappa shape index (κ3) is 4.91. The van der Waals surface area contributed by atoms with Crippen LogP contribution in [0, 0.1) is 5.21 Å². The lowest BCUT2D eigenvalue weighted by molar-refractivity contribution is -0.133. The van der Waals surface area contributed by atoms with Gasteiger partial charge in [-0.05, 0) is 25.7 Å². The number of Topliss-reactive ketones (excluding diaryl/α,β-unsaturated/α-hetero) is 2. The van der Waals surface area contributed by atoms with Gasteiger partial charge < -0.3 is 15.1 Å². The maximum absolute atomic E-state index is 11.7. The molecule has 1 saturated heterocycles. The average Bonchev–Trinajstić information content (AvgIpc) is 2.24. The average molecular weight is 243 g/mol. The minimum absolute atomic E-state index is 0.00701. The summed E-state index contributed by atoms with van der Waals surface area (Å²) in [7, 11) is 0. The molecule has 6 nitrogen and oxygen atoms in total. The number of hydrazine groups is 1. The smallest absolute Gasteiger partial charge is 0.157 e. The van der Waals surface area contributed by atoms with E-state index in [1.165, 1.54) is 0 Å². The van der Waals surface area contributed by atoms with Crippen LogP contribution in [0.2, 0.25) is 0 Å². The molecule has 1 rings (SSSR count). The summed E-state index contributed by atoms with van der Waals surface area (Å²) in [6.07, 6.45) is 3.17. The highest BCUT2D eigenvalue weighted by Gasteiger charge is 2.25. The maximum atomic E-state index is 11.7. The van der Waals surface area contributed by atoms with E-state index in [0.29, 0.717) is 26.1 Å². The summed E-state index contributed by atoms with van der Waals surface area (Å²) >= 11 is 0. The number of carbonyl (C=O) groups excluding carboxylic acids is 2. The maximum Gasteiger partial charge on any atom is 0.157 e. The number of carbonyl (C=O) groups is 2. The molecule has 1 aliphatic heterocycles. The molecule has 98 valence electrons. The molecule has 0 bridgehead atoms. The fourth-order valence-corrected chi connectivity index (χ4v) is 1.85. The molecule has 17 heavy (non-hydrogen) atoms. The molecule has 0 aliphatic carbocycles. The summed E-state index contributed by atoms with van der Waals surface area (Å²) in [6, 6.07) is -1.31. The highest BCUT2D eigenvalue weighted by Crippen LogP contribution is 2.10. The normalized spacial score (nSPS) is 22.3. The van der Waals surface area contributed by atoms with E-state index in [0.717, 1.165) is 12.8 Å². The van der Waals surface area contributed by atoms with Crippen LogP contribution in [0.25, 0.3) is 0 Å². The van der Waals surface area contributed by atoms with Gasteiger partial charge in [0.25, 0.3) is 0 Å². The Morgan fingerprint density at radius 2 is 1.53 bits per heavy atom. The third-order valence-electron chi connectivity index (χ3n) is 2.79. The van der Waals surface area contributed by atoms with Crippen LogP contribution in [0.4, 0.5) is 0 Å². The van der Waals surface area contributed by atoms with E-state index in [2.05, 4.69) is 0 Å². The van der Waals surface area contributed by atoms with E-state index >= 15 is 0 Å². The SMILES string of the molecule is NN([O-])C1C(=O)CCCCOCCCCC1=O. The summed E-state index contributed by atoms with van der Waals surface area (Å²) in [5.41, 5.74) is 0. The molecule has 0 aromatic heterocycles. The van der Waals surface area contributed by atoms with Crippen molar-refractivity contribution >= 4 is 11.6 Å². The van der Waals surface area contributed by atoms with Crippen LogP contribution in [0.3, 0.4) is 0 Å². The Labute approximate surface area is 101 Å². The molecule has 1 fully saturated rings. The molecule has 0 radical (unpaired) electrons. The van der Waals surface area contributed by atoms with Crippen LogP contribution < -0.4 is 5.84 Å². The van der Waals surface area contributed by atoms with Gasteiger partial charge >= 0.3 is 0 Å². The lowest BCUT2D eigenvalue weighted by Gasteiger charge is -2.30. The zero-order chi connectivity index (χ0) is 12.7. The summed E-state index contributed by atoms with van der Waals surface area (Å²) in [5, 5.41) is 11.1. The Hall–Kier alpha value is -0.820. The first-order valence-electron chi connectivity index (χ1n) is 5.97. The van der Waals surface area contributed by atoms with Gasteiger partial charge in [-0.2, -0.15) is 0 Å². The van der Waals surface area contributed by atoms with Crippen LogP contribution in [0.5, 0.6) is 0 Å². The molecule has 1 aliphatic rings. The number of hydrogen-bond acceptors (Lipinski definition) is 6. The number of ether oxygens (including phenoxy) is 1. The van der Waals surface area contributed by atoms with E-state index in [1.807, 2.05) is 0 Å². The quantitative estimate of drug-likeness (QED) is 0.410. The number of hydroxylamine groups is 1. The predicted octanol–water partition coefficient (Wildman–Crippen LogP) is 0.537. The highest BCUT2D eigenvalue weighted by atomic mass is 16.5. The Kier molecular flexibility index (Phi) is 6.28. The van der Waals surface area contributed by atoms with Crippen molar-refractivity contribution in [3.63, 3.8) is 0 Å². The minimum Gasteiger partial charge on any atom is -0.771 e. The van der Waals surface area contributed by atoms with Crippen molar-refractivity contribution < 1.29 is 14.3 Å². The summed E-state index contributed by atoms with van der Waals surface area (Å²) in [4.78, 5) is 23.4. The van der Waals surface area contributed by atoms with E-state index in [4.69, 9.17) is 10.6 Å². The number of hydrogen-bond donors (Lipinski definition) is 1. The lowest BCUT2D eigenvalue weighted by Crippen LogP contribution is -2.47. The largest absolute Gasteiger partial charge is 0.771 e. The Morgan fingerprint density at radius 3 is 1.94 bits per heavy atom. The zero-order valence-electron chi connectivity index (χ0n) is 9.89. The first-order valence-corrected chi connectivity index (χ1v) is 5.97. The standard InChI is InChI=1S/C11H19N2O4/c12-13(16)11-9(14)5-1-3-7-17-8-4-2-6-10(11)15/h11H,1-8,12H2/q-1. The van der Waals surface area contributed by atoms with E-state index in [9.17, 15) is 14.8 Å². The number of nitrogens with two attached hydrogens (primary N) is 1. The van der Waals surface area contributed by atoms with Crippen LogP contribution >= 0.6 is 0 Å². The molecular weight excluding hydrogens is 224 g/mol. The molecule has 0 aromatic rings. The van der Waals surface area contributed by atoms with Crippen molar-refractivity contribution in [3.05, 3.63) is 5.21 Å². The molecule has 2 N–H and O–H groups in total. The van der Waals surface area contributed by atoms with Crippen molar-refractivity contribution in [1.29, 1.82) is 0 Å². The first-order chi connectivity index (χ1) is 8.13. The fourth-order valence-electron chi connectivity index (χ4n) is 1.85. The monoisotopic (exact) mass is 243 g/mol. The Bertz CT molecular complexity index is 246. The number of ketones is 2. The zero-order valence-corrected chi connectivity index (χ0v) is 9.89. The van der Waals surface area contributed by atoms with Crippen molar-refractivity contribution in [2.75, 3.05) is 13.2 Å². The van der Waals surface area contributed by atoms with Gasteiger partial charge in [-0.3, -0.25) is 15.4 Å². The van der Waals surface area contributed by atoms with Crippen LogP contribution in [0.1, 0.15) is 38.5 Å². The van der Waals surface area contributed by atoms with Gasteiger partial charge in [0.1, 0.15) is 6.04 Å². The second-order valence-electron chi connectivity index (χ2n) is 4.22. The molecule has 0 atom stereocenters. The second-order valence-corrected chi connectivity index (χ2v) is 4.22. The molecule has 6 heteroatoms. The van der Waals surface area contributed by atoms with Crippen LogP contribution in [0.15, 0.2) is 0 Å². The summed E-state index contributed by atoms with van der Waals surface area (Å²) < 4.78 is 5.33. The molecule has 1 heterocycles. The van der Waals surface area contributed by atoms with E-state index < -0.39 is 6.04 Å². The second kappa shape index (κ2) is 7.50. The molecular formula is C11H19N2O4-. The van der Waals surface area contributed by atoms with Gasteiger partial charge in [-0.1, -0.05) is 0 Å². The van der Waals surface area contributed by atoms with Crippen LogP contribution in [-0.2, 0) is 14.3 Å². The first kappa shape index (κ1) is 14.2. The van der Waals surface area contributed by atoms with Crippen LogP contribution in [-0.4, -0.2) is 36.0 Å². The summed E-state index contributed by atoms with van der Waals surface area (Å²) in [5.74, 6) is 4.28. The van der Waals surface area contributed by atoms with Gasteiger partial charge in [-0.25, -0.2) is 0 Å².